The number of rotatable bonds is 4. The van der Waals surface area contributed by atoms with Gasteiger partial charge in [0, 0.05) is 24.4 Å². The molecule has 1 fully saturated rings. The Morgan fingerprint density at radius 3 is 2.62 bits per heavy atom. The van der Waals surface area contributed by atoms with E-state index >= 15 is 0 Å². The van der Waals surface area contributed by atoms with Crippen LogP contribution in [0.3, 0.4) is 0 Å². The zero-order valence-electron chi connectivity index (χ0n) is 19.2. The summed E-state index contributed by atoms with van der Waals surface area (Å²) in [4.78, 5) is 18.3. The maximum Gasteiger partial charge on any atom is 0.265 e. The number of benzene rings is 2. The highest BCUT2D eigenvalue weighted by Crippen LogP contribution is 2.46. The van der Waals surface area contributed by atoms with Gasteiger partial charge in [-0.25, -0.2) is 28.1 Å². The molecule has 1 amide bonds. The number of nitrogens with one attached hydrogen (secondary N) is 1. The number of fused-ring (bicyclic) bond motifs is 3. The van der Waals surface area contributed by atoms with Crippen molar-refractivity contribution in [2.75, 3.05) is 23.0 Å². The van der Waals surface area contributed by atoms with Crippen molar-refractivity contribution in [3.05, 3.63) is 78.0 Å². The van der Waals surface area contributed by atoms with Crippen molar-refractivity contribution >= 4 is 27.4 Å². The van der Waals surface area contributed by atoms with E-state index < -0.39 is 21.5 Å². The summed E-state index contributed by atoms with van der Waals surface area (Å²) in [6, 6.07) is 17.6. The largest absolute Gasteiger partial charge is 0.497 e. The summed E-state index contributed by atoms with van der Waals surface area (Å²) in [7, 11) is -2.29. The average Bonchev–Trinajstić information content (AvgIpc) is 3.02. The minimum Gasteiger partial charge on any atom is -0.497 e. The summed E-state index contributed by atoms with van der Waals surface area (Å²) in [5.74, 6) is 0.364. The highest BCUT2D eigenvalue weighted by atomic mass is 32.2. The number of aryl methyl sites for hydroxylation is 1. The van der Waals surface area contributed by atoms with Gasteiger partial charge < -0.3 is 4.74 Å². The van der Waals surface area contributed by atoms with Crippen LogP contribution >= 0.6 is 0 Å². The molecule has 1 saturated heterocycles. The fourth-order valence-electron chi connectivity index (χ4n) is 4.79. The van der Waals surface area contributed by atoms with Gasteiger partial charge in [0.2, 0.25) is 5.91 Å². The molecule has 1 aromatic heterocycles. The molecule has 3 aromatic rings. The maximum atomic E-state index is 13.6. The Bertz CT molecular complexity index is 1360. The van der Waals surface area contributed by atoms with Gasteiger partial charge in [-0.1, -0.05) is 29.8 Å². The normalized spacial score (nSPS) is 22.2. The van der Waals surface area contributed by atoms with Crippen LogP contribution in [0.5, 0.6) is 5.75 Å². The third-order valence-corrected chi connectivity index (χ3v) is 8.49. The van der Waals surface area contributed by atoms with Crippen LogP contribution in [0, 0.1) is 12.8 Å². The fraction of sp³-hybridized carbons (Fsp3) is 0.280. The number of amides is 1. The molecule has 2 atom stereocenters. The van der Waals surface area contributed by atoms with E-state index in [2.05, 4.69) is 10.4 Å². The molecule has 2 aliphatic heterocycles. The summed E-state index contributed by atoms with van der Waals surface area (Å²) in [6.45, 7) is 3.98. The number of hydrogen-bond donors (Lipinski definition) is 1. The van der Waals surface area contributed by atoms with E-state index in [1.165, 1.54) is 9.31 Å². The van der Waals surface area contributed by atoms with E-state index in [0.717, 1.165) is 5.56 Å². The lowest BCUT2D eigenvalue weighted by molar-refractivity contribution is -0.121. The minimum atomic E-state index is -3.86. The quantitative estimate of drug-likeness (QED) is 0.618. The number of aromatic nitrogens is 1. The summed E-state index contributed by atoms with van der Waals surface area (Å²) < 4.78 is 33.9. The van der Waals surface area contributed by atoms with Gasteiger partial charge in [-0.05, 0) is 50.6 Å². The Morgan fingerprint density at radius 1 is 1.12 bits per heavy atom. The molecule has 3 heterocycles. The zero-order valence-corrected chi connectivity index (χ0v) is 20.0. The molecule has 2 unspecified atom stereocenters. The number of carbonyl (C=O) groups is 1. The van der Waals surface area contributed by atoms with Gasteiger partial charge in [0.15, 0.2) is 0 Å². The summed E-state index contributed by atoms with van der Waals surface area (Å²) in [5.41, 5.74) is 4.82. The van der Waals surface area contributed by atoms with Crippen LogP contribution in [0.2, 0.25) is 0 Å². The standard InChI is InChI=1S/C25H26N4O4S/c1-17-9-11-20(12-10-17)34(31,32)28-15-13-22-24(30)29(18-6-4-7-19(16-18)33-3)27-25(22,2)21-8-5-14-26-23(21)28/h4-12,14,16,22,27H,13,15H2,1-3H3. The first-order valence-corrected chi connectivity index (χ1v) is 12.5. The van der Waals surface area contributed by atoms with Crippen LogP contribution < -0.4 is 19.5 Å². The van der Waals surface area contributed by atoms with E-state index in [4.69, 9.17) is 4.74 Å². The topological polar surface area (TPSA) is 91.8 Å². The van der Waals surface area contributed by atoms with Crippen LogP contribution in [0.15, 0.2) is 71.8 Å². The number of pyridine rings is 1. The highest BCUT2D eigenvalue weighted by molar-refractivity contribution is 7.92. The predicted octanol–water partition coefficient (Wildman–Crippen LogP) is 3.38. The second-order valence-corrected chi connectivity index (χ2v) is 10.7. The van der Waals surface area contributed by atoms with Gasteiger partial charge in [-0.2, -0.15) is 0 Å². The zero-order chi connectivity index (χ0) is 24.1. The number of hydrogen-bond acceptors (Lipinski definition) is 6. The van der Waals surface area contributed by atoms with Crippen LogP contribution in [-0.4, -0.2) is 33.0 Å². The Labute approximate surface area is 199 Å². The van der Waals surface area contributed by atoms with Crippen LogP contribution in [0.25, 0.3) is 0 Å². The van der Waals surface area contributed by atoms with Crippen molar-refractivity contribution in [3.63, 3.8) is 0 Å². The van der Waals surface area contributed by atoms with Crippen molar-refractivity contribution in [1.29, 1.82) is 0 Å². The second kappa shape index (κ2) is 8.11. The number of hydrazine groups is 1. The molecule has 1 N–H and O–H groups in total. The van der Waals surface area contributed by atoms with E-state index in [1.54, 1.807) is 49.7 Å². The molecule has 0 radical (unpaired) electrons. The first-order chi connectivity index (χ1) is 16.3. The Hall–Kier alpha value is -3.43. The van der Waals surface area contributed by atoms with Crippen molar-refractivity contribution in [2.45, 2.75) is 30.7 Å². The lowest BCUT2D eigenvalue weighted by Gasteiger charge is -2.30. The third-order valence-electron chi connectivity index (χ3n) is 6.68. The summed E-state index contributed by atoms with van der Waals surface area (Å²) in [6.07, 6.45) is 1.92. The molecule has 0 aliphatic carbocycles. The van der Waals surface area contributed by atoms with Gasteiger partial charge in [0.1, 0.15) is 11.6 Å². The first-order valence-electron chi connectivity index (χ1n) is 11.1. The van der Waals surface area contributed by atoms with E-state index in [9.17, 15) is 13.2 Å². The van der Waals surface area contributed by atoms with Gasteiger partial charge in [-0.15, -0.1) is 0 Å². The number of anilines is 2. The Morgan fingerprint density at radius 2 is 1.88 bits per heavy atom. The number of methoxy groups -OCH3 is 1. The predicted molar refractivity (Wildman–Crippen MR) is 129 cm³/mol. The number of ether oxygens (including phenoxy) is 1. The summed E-state index contributed by atoms with van der Waals surface area (Å²) >= 11 is 0. The molecule has 8 nitrogen and oxygen atoms in total. The SMILES string of the molecule is COc1cccc(N2NC3(C)c4cccnc4N(S(=O)(=O)c4ccc(C)cc4)CCC3C2=O)c1. The monoisotopic (exact) mass is 478 g/mol. The maximum absolute atomic E-state index is 13.6. The van der Waals surface area contributed by atoms with Crippen molar-refractivity contribution < 1.29 is 17.9 Å². The van der Waals surface area contributed by atoms with Crippen LogP contribution in [0.4, 0.5) is 11.5 Å². The molecule has 2 aliphatic rings. The molecule has 2 aromatic carbocycles. The molecular weight excluding hydrogens is 452 g/mol. The number of nitrogens with zero attached hydrogens (tertiary/aromatic N) is 3. The average molecular weight is 479 g/mol. The molecule has 34 heavy (non-hydrogen) atoms. The first kappa shape index (κ1) is 22.4. The summed E-state index contributed by atoms with van der Waals surface area (Å²) in [5, 5.41) is 1.54. The number of carbonyl (C=O) groups excluding carboxylic acids is 1. The molecule has 0 saturated carbocycles. The van der Waals surface area contributed by atoms with Gasteiger partial charge >= 0.3 is 0 Å². The second-order valence-electron chi connectivity index (χ2n) is 8.80. The smallest absolute Gasteiger partial charge is 0.265 e. The van der Waals surface area contributed by atoms with E-state index in [1.807, 2.05) is 38.1 Å². The molecule has 5 rings (SSSR count). The van der Waals surface area contributed by atoms with Crippen molar-refractivity contribution in [3.8, 4) is 5.75 Å². The third kappa shape index (κ3) is 3.43. The lowest BCUT2D eigenvalue weighted by Crippen LogP contribution is -2.44. The Balaban J connectivity index is 1.59. The number of sulfonamides is 1. The van der Waals surface area contributed by atoms with E-state index in [0.29, 0.717) is 29.2 Å². The van der Waals surface area contributed by atoms with Gasteiger partial charge in [-0.3, -0.25) is 4.79 Å². The van der Waals surface area contributed by atoms with Crippen LogP contribution in [0.1, 0.15) is 24.5 Å². The van der Waals surface area contributed by atoms with Crippen molar-refractivity contribution in [1.82, 2.24) is 10.4 Å². The van der Waals surface area contributed by atoms with E-state index in [-0.39, 0.29) is 17.3 Å². The van der Waals surface area contributed by atoms with Gasteiger partial charge in [0.05, 0.1) is 29.1 Å². The lowest BCUT2D eigenvalue weighted by atomic mass is 9.80. The van der Waals surface area contributed by atoms with Crippen molar-refractivity contribution in [2.24, 2.45) is 5.92 Å². The minimum absolute atomic E-state index is 0.125. The molecule has 0 spiro atoms. The molecular formula is C25H26N4O4S. The molecule has 9 heteroatoms. The highest BCUT2D eigenvalue weighted by Gasteiger charge is 2.54. The molecule has 176 valence electrons. The fourth-order valence-corrected chi connectivity index (χ4v) is 6.25. The van der Waals surface area contributed by atoms with Crippen LogP contribution in [-0.2, 0) is 20.4 Å². The van der Waals surface area contributed by atoms with Gasteiger partial charge in [0.25, 0.3) is 10.0 Å². The Kier molecular flexibility index (Phi) is 5.33. The molecule has 0 bridgehead atoms.